The molecule has 0 radical (unpaired) electrons. The fourth-order valence-electron chi connectivity index (χ4n) is 4.90. The molecule has 3 heterocycles. The minimum Gasteiger partial charge on any atom is -0.497 e. The van der Waals surface area contributed by atoms with Crippen LogP contribution in [0, 0.1) is 0 Å². The Bertz CT molecular complexity index is 1510. The van der Waals surface area contributed by atoms with Crippen LogP contribution in [0.5, 0.6) is 5.75 Å². The van der Waals surface area contributed by atoms with Crippen molar-refractivity contribution in [3.63, 3.8) is 0 Å². The molecule has 3 aromatic heterocycles. The number of thiazole rings is 1. The molecule has 2 aromatic carbocycles. The lowest BCUT2D eigenvalue weighted by Gasteiger charge is -2.21. The molecular formula is C28H25N3O2S2. The Morgan fingerprint density at radius 1 is 1.09 bits per heavy atom. The molecule has 1 aliphatic carbocycles. The lowest BCUT2D eigenvalue weighted by atomic mass is 9.90. The van der Waals surface area contributed by atoms with Gasteiger partial charge in [-0.2, -0.15) is 0 Å². The third kappa shape index (κ3) is 4.26. The molecule has 1 amide bonds. The van der Waals surface area contributed by atoms with E-state index in [9.17, 15) is 4.79 Å². The van der Waals surface area contributed by atoms with Gasteiger partial charge >= 0.3 is 0 Å². The summed E-state index contributed by atoms with van der Waals surface area (Å²) in [5.41, 5.74) is 10.3. The van der Waals surface area contributed by atoms with Gasteiger partial charge in [-0.3, -0.25) is 4.79 Å². The number of carbonyl (C=O) groups is 1. The summed E-state index contributed by atoms with van der Waals surface area (Å²) in [7, 11) is 1.71. The highest BCUT2D eigenvalue weighted by molar-refractivity contribution is 7.16. The van der Waals surface area contributed by atoms with Gasteiger partial charge in [-0.15, -0.1) is 22.7 Å². The van der Waals surface area contributed by atoms with Crippen molar-refractivity contribution in [2.45, 2.75) is 32.2 Å². The molecule has 0 saturated heterocycles. The van der Waals surface area contributed by atoms with Crippen LogP contribution in [0.3, 0.4) is 0 Å². The van der Waals surface area contributed by atoms with E-state index in [4.69, 9.17) is 4.74 Å². The van der Waals surface area contributed by atoms with Crippen molar-refractivity contribution in [2.75, 3.05) is 7.11 Å². The SMILES string of the molecule is COc1ccc2c(c1)CCc1cc(CCC(=O)NCc3cccs3)n(-c3ccc4ncsc4c3)c1-2. The van der Waals surface area contributed by atoms with Gasteiger partial charge in [0, 0.05) is 28.2 Å². The molecule has 0 fully saturated rings. The fraction of sp³-hybridized carbons (Fsp3) is 0.214. The van der Waals surface area contributed by atoms with E-state index in [1.807, 2.05) is 29.1 Å². The number of carbonyl (C=O) groups excluding carboxylic acids is 1. The number of fused-ring (bicyclic) bond motifs is 4. The molecule has 0 unspecified atom stereocenters. The minimum atomic E-state index is 0.0761. The number of aryl methyl sites for hydroxylation is 3. The highest BCUT2D eigenvalue weighted by Crippen LogP contribution is 2.40. The number of rotatable bonds is 7. The van der Waals surface area contributed by atoms with E-state index in [2.05, 4.69) is 51.3 Å². The lowest BCUT2D eigenvalue weighted by molar-refractivity contribution is -0.121. The molecule has 7 heteroatoms. The fourth-order valence-corrected chi connectivity index (χ4v) is 6.25. The molecule has 0 spiro atoms. The van der Waals surface area contributed by atoms with E-state index in [0.29, 0.717) is 19.4 Å². The van der Waals surface area contributed by atoms with E-state index in [-0.39, 0.29) is 5.91 Å². The summed E-state index contributed by atoms with van der Waals surface area (Å²) >= 11 is 3.31. The molecule has 35 heavy (non-hydrogen) atoms. The highest BCUT2D eigenvalue weighted by Gasteiger charge is 2.24. The second kappa shape index (κ2) is 9.32. The van der Waals surface area contributed by atoms with Crippen molar-refractivity contribution in [3.8, 4) is 22.7 Å². The first kappa shape index (κ1) is 22.1. The van der Waals surface area contributed by atoms with Gasteiger partial charge in [-0.05, 0) is 84.3 Å². The predicted octanol–water partition coefficient (Wildman–Crippen LogP) is 6.17. The number of methoxy groups -OCH3 is 1. The Kier molecular flexibility index (Phi) is 5.88. The molecule has 6 rings (SSSR count). The number of ether oxygens (including phenoxy) is 1. The van der Waals surface area contributed by atoms with Crippen LogP contribution in [0.4, 0.5) is 0 Å². The Balaban J connectivity index is 1.37. The van der Waals surface area contributed by atoms with Crippen molar-refractivity contribution >= 4 is 38.8 Å². The summed E-state index contributed by atoms with van der Waals surface area (Å²) in [5, 5.41) is 5.10. The summed E-state index contributed by atoms with van der Waals surface area (Å²) in [5.74, 6) is 0.964. The van der Waals surface area contributed by atoms with Gasteiger partial charge in [0.25, 0.3) is 0 Å². The molecule has 1 N–H and O–H groups in total. The number of nitrogens with one attached hydrogen (secondary N) is 1. The maximum atomic E-state index is 12.7. The molecule has 176 valence electrons. The van der Waals surface area contributed by atoms with Crippen LogP contribution < -0.4 is 10.1 Å². The van der Waals surface area contributed by atoms with Crippen LogP contribution in [-0.4, -0.2) is 22.6 Å². The second-order valence-corrected chi connectivity index (χ2v) is 10.6. The van der Waals surface area contributed by atoms with E-state index in [1.54, 1.807) is 29.8 Å². The van der Waals surface area contributed by atoms with Gasteiger partial charge in [0.05, 0.1) is 35.1 Å². The molecule has 0 saturated carbocycles. The third-order valence-electron chi connectivity index (χ3n) is 6.61. The third-order valence-corrected chi connectivity index (χ3v) is 8.28. The molecule has 1 aliphatic rings. The van der Waals surface area contributed by atoms with Crippen LogP contribution in [0.15, 0.2) is 65.5 Å². The first-order valence-electron chi connectivity index (χ1n) is 11.7. The molecule has 0 atom stereocenters. The van der Waals surface area contributed by atoms with Crippen LogP contribution in [-0.2, 0) is 30.6 Å². The van der Waals surface area contributed by atoms with Gasteiger partial charge in [-0.25, -0.2) is 4.98 Å². The number of thiophene rings is 1. The normalized spacial score (nSPS) is 12.4. The van der Waals surface area contributed by atoms with Crippen molar-refractivity contribution in [3.05, 3.63) is 87.2 Å². The maximum Gasteiger partial charge on any atom is 0.220 e. The van der Waals surface area contributed by atoms with Crippen LogP contribution in [0.25, 0.3) is 27.2 Å². The zero-order valence-corrected chi connectivity index (χ0v) is 21.0. The van der Waals surface area contributed by atoms with Gasteiger partial charge in [0.1, 0.15) is 5.75 Å². The van der Waals surface area contributed by atoms with Crippen LogP contribution in [0.1, 0.15) is 28.1 Å². The Hall–Kier alpha value is -3.42. The van der Waals surface area contributed by atoms with Crippen LogP contribution >= 0.6 is 22.7 Å². The van der Waals surface area contributed by atoms with Gasteiger partial charge in [0.2, 0.25) is 5.91 Å². The first-order chi connectivity index (χ1) is 17.2. The maximum absolute atomic E-state index is 12.7. The second-order valence-electron chi connectivity index (χ2n) is 8.73. The van der Waals surface area contributed by atoms with Gasteiger partial charge < -0.3 is 14.6 Å². The monoisotopic (exact) mass is 499 g/mol. The summed E-state index contributed by atoms with van der Waals surface area (Å²) < 4.78 is 9.00. The predicted molar refractivity (Wildman–Crippen MR) is 143 cm³/mol. The summed E-state index contributed by atoms with van der Waals surface area (Å²) in [4.78, 5) is 18.3. The Labute approximate surface area is 212 Å². The van der Waals surface area contributed by atoms with Crippen molar-refractivity contribution in [1.82, 2.24) is 14.9 Å². The van der Waals surface area contributed by atoms with E-state index >= 15 is 0 Å². The number of nitrogens with zero attached hydrogens (tertiary/aromatic N) is 2. The number of aromatic nitrogens is 2. The van der Waals surface area contributed by atoms with Crippen molar-refractivity contribution in [1.29, 1.82) is 0 Å². The Morgan fingerprint density at radius 2 is 2.00 bits per heavy atom. The molecule has 5 nitrogen and oxygen atoms in total. The molecular weight excluding hydrogens is 474 g/mol. The van der Waals surface area contributed by atoms with Crippen LogP contribution in [0.2, 0.25) is 0 Å². The van der Waals surface area contributed by atoms with Crippen molar-refractivity contribution < 1.29 is 9.53 Å². The average molecular weight is 500 g/mol. The number of hydrogen-bond acceptors (Lipinski definition) is 5. The topological polar surface area (TPSA) is 56.1 Å². The summed E-state index contributed by atoms with van der Waals surface area (Å²) in [6.07, 6.45) is 3.09. The molecule has 5 aromatic rings. The summed E-state index contributed by atoms with van der Waals surface area (Å²) in [6, 6.07) is 19.2. The minimum absolute atomic E-state index is 0.0761. The van der Waals surface area contributed by atoms with E-state index in [0.717, 1.165) is 40.2 Å². The van der Waals surface area contributed by atoms with Gasteiger partial charge in [-0.1, -0.05) is 6.07 Å². The molecule has 0 aliphatic heterocycles. The number of hydrogen-bond donors (Lipinski definition) is 1. The largest absolute Gasteiger partial charge is 0.497 e. The lowest BCUT2D eigenvalue weighted by Crippen LogP contribution is -2.22. The van der Waals surface area contributed by atoms with E-state index in [1.165, 1.54) is 27.3 Å². The quantitative estimate of drug-likeness (QED) is 0.291. The standard InChI is InChI=1S/C28H25N3O2S2/c1-33-22-8-9-24-18(14-22)4-5-19-13-20(7-11-27(32)29-16-23-3-2-12-34-23)31(28(19)24)21-6-10-25-26(15-21)35-17-30-25/h2-3,6,8-10,12-15,17H,4-5,7,11,16H2,1H3,(H,29,32). The first-order valence-corrected chi connectivity index (χ1v) is 13.5. The zero-order valence-electron chi connectivity index (χ0n) is 19.4. The summed E-state index contributed by atoms with van der Waals surface area (Å²) in [6.45, 7) is 0.589. The zero-order chi connectivity index (χ0) is 23.8. The van der Waals surface area contributed by atoms with Gasteiger partial charge in [0.15, 0.2) is 0 Å². The average Bonchev–Trinajstić information content (AvgIpc) is 3.64. The Morgan fingerprint density at radius 3 is 2.86 bits per heavy atom. The smallest absolute Gasteiger partial charge is 0.220 e. The number of benzene rings is 2. The van der Waals surface area contributed by atoms with Crippen molar-refractivity contribution in [2.24, 2.45) is 0 Å². The number of amides is 1. The van der Waals surface area contributed by atoms with E-state index < -0.39 is 0 Å². The molecule has 0 bridgehead atoms. The highest BCUT2D eigenvalue weighted by atomic mass is 32.1.